The third kappa shape index (κ3) is 2.33. The van der Waals surface area contributed by atoms with Gasteiger partial charge in [0.05, 0.1) is 23.3 Å². The van der Waals surface area contributed by atoms with Gasteiger partial charge in [-0.15, -0.1) is 0 Å². The van der Waals surface area contributed by atoms with Crippen molar-refractivity contribution in [3.05, 3.63) is 0 Å². The summed E-state index contributed by atoms with van der Waals surface area (Å²) in [4.78, 5) is 24.7. The quantitative estimate of drug-likeness (QED) is 0.537. The number of nitrogens with zero attached hydrogens (tertiary/aromatic N) is 2. The smallest absolute Gasteiger partial charge is 0.233 e. The minimum atomic E-state index is -0.304. The van der Waals surface area contributed by atoms with Gasteiger partial charge in [-0.25, -0.2) is 0 Å². The summed E-state index contributed by atoms with van der Waals surface area (Å²) in [5.41, 5.74) is -0.304. The standard InChI is InChI=1S/C13H18N2O2/c1-13(2,8-14)5-3-4-6-15-11(16)9-7-10(9)12(15)17/h9-10H,3-7H2,1-2H3. The van der Waals surface area contributed by atoms with Crippen molar-refractivity contribution in [1.82, 2.24) is 4.90 Å². The molecular weight excluding hydrogens is 216 g/mol. The Hall–Kier alpha value is -1.37. The van der Waals surface area contributed by atoms with E-state index in [9.17, 15) is 9.59 Å². The number of carbonyl (C=O) groups excluding carboxylic acids is 2. The SMILES string of the molecule is CC(C)(C#N)CCCCN1C(=O)C2CC2C1=O. The van der Waals surface area contributed by atoms with Crippen molar-refractivity contribution in [1.29, 1.82) is 5.26 Å². The maximum absolute atomic E-state index is 11.7. The summed E-state index contributed by atoms with van der Waals surface area (Å²) in [5, 5.41) is 8.86. The van der Waals surface area contributed by atoms with E-state index < -0.39 is 0 Å². The second-order valence-corrected chi connectivity index (χ2v) is 5.73. The van der Waals surface area contributed by atoms with Gasteiger partial charge in [0.25, 0.3) is 0 Å². The van der Waals surface area contributed by atoms with Crippen molar-refractivity contribution in [2.75, 3.05) is 6.54 Å². The van der Waals surface area contributed by atoms with Crippen LogP contribution in [0.1, 0.15) is 39.5 Å². The molecule has 17 heavy (non-hydrogen) atoms. The molecule has 2 fully saturated rings. The summed E-state index contributed by atoms with van der Waals surface area (Å²) in [7, 11) is 0. The van der Waals surface area contributed by atoms with Crippen LogP contribution >= 0.6 is 0 Å². The van der Waals surface area contributed by atoms with Crippen LogP contribution in [0.5, 0.6) is 0 Å². The second kappa shape index (κ2) is 4.14. The van der Waals surface area contributed by atoms with Crippen LogP contribution in [-0.2, 0) is 9.59 Å². The summed E-state index contributed by atoms with van der Waals surface area (Å²) in [6.45, 7) is 4.36. The molecule has 0 aromatic carbocycles. The molecule has 0 aromatic rings. The van der Waals surface area contributed by atoms with Crippen LogP contribution in [0.3, 0.4) is 0 Å². The zero-order valence-corrected chi connectivity index (χ0v) is 10.4. The third-order valence-electron chi connectivity index (χ3n) is 3.69. The van der Waals surface area contributed by atoms with Gasteiger partial charge in [0.1, 0.15) is 0 Å². The van der Waals surface area contributed by atoms with E-state index in [1.165, 1.54) is 4.90 Å². The average molecular weight is 234 g/mol. The Balaban J connectivity index is 1.72. The van der Waals surface area contributed by atoms with E-state index in [-0.39, 0.29) is 29.1 Å². The molecule has 0 aromatic heterocycles. The second-order valence-electron chi connectivity index (χ2n) is 5.73. The highest BCUT2D eigenvalue weighted by atomic mass is 16.2. The van der Waals surface area contributed by atoms with E-state index in [2.05, 4.69) is 6.07 Å². The number of fused-ring (bicyclic) bond motifs is 1. The van der Waals surface area contributed by atoms with E-state index in [1.54, 1.807) is 0 Å². The molecule has 2 rings (SSSR count). The van der Waals surface area contributed by atoms with Crippen molar-refractivity contribution in [3.63, 3.8) is 0 Å². The Morgan fingerprint density at radius 2 is 1.88 bits per heavy atom. The molecule has 1 heterocycles. The van der Waals surface area contributed by atoms with Gasteiger partial charge < -0.3 is 0 Å². The minimum absolute atomic E-state index is 0.0121. The number of likely N-dealkylation sites (tertiary alicyclic amines) is 1. The number of carbonyl (C=O) groups is 2. The van der Waals surface area contributed by atoms with E-state index in [4.69, 9.17) is 5.26 Å². The van der Waals surface area contributed by atoms with Gasteiger partial charge in [-0.05, 0) is 33.1 Å². The molecule has 1 aliphatic carbocycles. The van der Waals surface area contributed by atoms with Gasteiger partial charge in [-0.1, -0.05) is 6.42 Å². The predicted molar refractivity (Wildman–Crippen MR) is 61.6 cm³/mol. The molecule has 0 N–H and O–H groups in total. The van der Waals surface area contributed by atoms with Gasteiger partial charge >= 0.3 is 0 Å². The highest BCUT2D eigenvalue weighted by Gasteiger charge is 2.58. The largest absolute Gasteiger partial charge is 0.282 e. The molecular formula is C13H18N2O2. The van der Waals surface area contributed by atoms with Gasteiger partial charge in [-0.2, -0.15) is 5.26 Å². The van der Waals surface area contributed by atoms with Crippen molar-refractivity contribution >= 4 is 11.8 Å². The fraction of sp³-hybridized carbons (Fsp3) is 0.769. The molecule has 2 aliphatic rings. The van der Waals surface area contributed by atoms with Crippen LogP contribution in [0.2, 0.25) is 0 Å². The van der Waals surface area contributed by atoms with Gasteiger partial charge in [0, 0.05) is 6.54 Å². The van der Waals surface area contributed by atoms with Gasteiger partial charge in [0.2, 0.25) is 11.8 Å². The number of nitriles is 1. The number of piperidine rings is 1. The molecule has 0 spiro atoms. The summed E-state index contributed by atoms with van der Waals surface area (Å²) in [6.07, 6.45) is 3.27. The Labute approximate surface area is 102 Å². The summed E-state index contributed by atoms with van der Waals surface area (Å²) in [6, 6.07) is 2.25. The van der Waals surface area contributed by atoms with Crippen molar-refractivity contribution in [2.24, 2.45) is 17.3 Å². The van der Waals surface area contributed by atoms with E-state index >= 15 is 0 Å². The number of hydrogen-bond donors (Lipinski definition) is 0. The number of hydrogen-bond acceptors (Lipinski definition) is 3. The molecule has 4 nitrogen and oxygen atoms in total. The Morgan fingerprint density at radius 1 is 1.29 bits per heavy atom. The van der Waals surface area contributed by atoms with Gasteiger partial charge in [0.15, 0.2) is 0 Å². The molecule has 92 valence electrons. The summed E-state index contributed by atoms with van der Waals surface area (Å²) in [5.74, 6) is 0.0789. The van der Waals surface area contributed by atoms with Gasteiger partial charge in [-0.3, -0.25) is 14.5 Å². The normalized spacial score (nSPS) is 27.0. The third-order valence-corrected chi connectivity index (χ3v) is 3.69. The fourth-order valence-corrected chi connectivity index (χ4v) is 2.36. The van der Waals surface area contributed by atoms with Crippen LogP contribution in [0.4, 0.5) is 0 Å². The number of imide groups is 1. The molecule has 2 unspecified atom stereocenters. The first kappa shape index (κ1) is 12.1. The lowest BCUT2D eigenvalue weighted by Crippen LogP contribution is -2.33. The first-order valence-electron chi connectivity index (χ1n) is 6.23. The van der Waals surface area contributed by atoms with E-state index in [0.717, 1.165) is 25.7 Å². The number of unbranched alkanes of at least 4 members (excludes halogenated alkanes) is 1. The first-order valence-corrected chi connectivity index (χ1v) is 6.23. The molecule has 0 radical (unpaired) electrons. The lowest BCUT2D eigenvalue weighted by Gasteiger charge is -2.18. The van der Waals surface area contributed by atoms with Crippen molar-refractivity contribution < 1.29 is 9.59 Å². The zero-order chi connectivity index (χ0) is 12.6. The molecule has 0 bridgehead atoms. The topological polar surface area (TPSA) is 61.2 Å². The Morgan fingerprint density at radius 3 is 2.41 bits per heavy atom. The highest BCUT2D eigenvalue weighted by molar-refractivity contribution is 6.08. The van der Waals surface area contributed by atoms with Crippen LogP contribution in [0, 0.1) is 28.6 Å². The monoisotopic (exact) mass is 234 g/mol. The first-order chi connectivity index (χ1) is 7.96. The fourth-order valence-electron chi connectivity index (χ4n) is 2.36. The predicted octanol–water partition coefficient (Wildman–Crippen LogP) is 1.71. The van der Waals surface area contributed by atoms with E-state index in [0.29, 0.717) is 6.54 Å². The molecule has 1 saturated carbocycles. The Kier molecular flexibility index (Phi) is 2.94. The summed E-state index contributed by atoms with van der Waals surface area (Å²) < 4.78 is 0. The lowest BCUT2D eigenvalue weighted by molar-refractivity contribution is -0.141. The minimum Gasteiger partial charge on any atom is -0.282 e. The molecule has 2 atom stereocenters. The van der Waals surface area contributed by atoms with Crippen LogP contribution in [0.15, 0.2) is 0 Å². The average Bonchev–Trinajstić information content (AvgIpc) is 3.03. The van der Waals surface area contributed by atoms with Crippen LogP contribution < -0.4 is 0 Å². The highest BCUT2D eigenvalue weighted by Crippen LogP contribution is 2.46. The molecule has 1 saturated heterocycles. The van der Waals surface area contributed by atoms with E-state index in [1.807, 2.05) is 13.8 Å². The molecule has 2 amide bonds. The number of amides is 2. The Bertz CT molecular complexity index is 375. The maximum atomic E-state index is 11.7. The zero-order valence-electron chi connectivity index (χ0n) is 10.4. The van der Waals surface area contributed by atoms with Crippen molar-refractivity contribution in [2.45, 2.75) is 39.5 Å². The maximum Gasteiger partial charge on any atom is 0.233 e. The molecule has 1 aliphatic heterocycles. The summed E-state index contributed by atoms with van der Waals surface area (Å²) >= 11 is 0. The van der Waals surface area contributed by atoms with Crippen LogP contribution in [-0.4, -0.2) is 23.3 Å². The number of rotatable bonds is 5. The lowest BCUT2D eigenvalue weighted by atomic mass is 9.89. The van der Waals surface area contributed by atoms with Crippen LogP contribution in [0.25, 0.3) is 0 Å². The van der Waals surface area contributed by atoms with Crippen molar-refractivity contribution in [3.8, 4) is 6.07 Å². The molecule has 4 heteroatoms.